The maximum atomic E-state index is 5.97. The Morgan fingerprint density at radius 2 is 1.12 bits per heavy atom. The molecule has 0 amide bonds. The van der Waals surface area contributed by atoms with Crippen molar-refractivity contribution in [3.05, 3.63) is 67.6 Å². The molecule has 4 nitrogen and oxygen atoms in total. The van der Waals surface area contributed by atoms with Gasteiger partial charge in [-0.25, -0.2) is 0 Å². The van der Waals surface area contributed by atoms with E-state index in [9.17, 15) is 0 Å². The molecule has 0 atom stereocenters. The third-order valence-electron chi connectivity index (χ3n) is 3.18. The van der Waals surface area contributed by atoms with Gasteiger partial charge in [-0.1, -0.05) is 68.8 Å². The summed E-state index contributed by atoms with van der Waals surface area (Å²) in [7, 11) is 0. The number of hydrogen-bond donors (Lipinski definition) is 0. The third-order valence-corrected chi connectivity index (χ3v) is 4.66. The number of oxime groups is 2. The van der Waals surface area contributed by atoms with Gasteiger partial charge in [0, 0.05) is 11.1 Å². The predicted octanol–water partition coefficient (Wildman–Crippen LogP) is 6.44. The Hall–Kier alpha value is -1.46. The van der Waals surface area contributed by atoms with E-state index in [-0.39, 0.29) is 6.79 Å². The molecule has 0 unspecified atom stereocenters. The van der Waals surface area contributed by atoms with Gasteiger partial charge in [0.05, 0.1) is 31.5 Å². The van der Waals surface area contributed by atoms with Gasteiger partial charge in [0.15, 0.2) is 0 Å². The zero-order chi connectivity index (χ0) is 18.4. The Kier molecular flexibility index (Phi) is 7.38. The van der Waals surface area contributed by atoms with Crippen LogP contribution in [-0.4, -0.2) is 18.2 Å². The van der Waals surface area contributed by atoms with Gasteiger partial charge in [-0.15, -0.1) is 0 Å². The Morgan fingerprint density at radius 3 is 1.48 bits per heavy atom. The van der Waals surface area contributed by atoms with E-state index >= 15 is 0 Å². The Labute approximate surface area is 165 Å². The summed E-state index contributed by atoms with van der Waals surface area (Å²) in [5.74, 6) is 0. The molecule has 0 bridgehead atoms. The number of halogens is 4. The summed E-state index contributed by atoms with van der Waals surface area (Å²) >= 11 is 23.7. The summed E-state index contributed by atoms with van der Waals surface area (Å²) in [5, 5.41) is 9.75. The molecule has 0 aromatic heterocycles. The van der Waals surface area contributed by atoms with Gasteiger partial charge in [-0.2, -0.15) is 0 Å². The minimum atomic E-state index is -0.142. The third kappa shape index (κ3) is 5.79. The van der Waals surface area contributed by atoms with Gasteiger partial charge in [-0.05, 0) is 38.1 Å². The molecular formula is C17H14Cl4N2O2. The molecule has 8 heteroatoms. The highest BCUT2D eigenvalue weighted by Crippen LogP contribution is 2.23. The molecule has 0 radical (unpaired) electrons. The molecule has 25 heavy (non-hydrogen) atoms. The van der Waals surface area contributed by atoms with Crippen molar-refractivity contribution < 1.29 is 9.68 Å². The summed E-state index contributed by atoms with van der Waals surface area (Å²) in [6, 6.07) is 10.4. The molecule has 0 fully saturated rings. The Morgan fingerprint density at radius 1 is 0.720 bits per heavy atom. The first-order valence-electron chi connectivity index (χ1n) is 7.12. The lowest BCUT2D eigenvalue weighted by Gasteiger charge is -2.05. The molecule has 0 N–H and O–H groups in total. The van der Waals surface area contributed by atoms with Crippen LogP contribution in [0.25, 0.3) is 0 Å². The van der Waals surface area contributed by atoms with E-state index < -0.39 is 0 Å². The van der Waals surface area contributed by atoms with Crippen molar-refractivity contribution in [3.63, 3.8) is 0 Å². The fourth-order valence-corrected chi connectivity index (χ4v) is 2.41. The van der Waals surface area contributed by atoms with Crippen molar-refractivity contribution in [1.82, 2.24) is 0 Å². The summed E-state index contributed by atoms with van der Waals surface area (Å²) in [5.41, 5.74) is 2.86. The van der Waals surface area contributed by atoms with Gasteiger partial charge in [0.1, 0.15) is 0 Å². The fraction of sp³-hybridized carbons (Fsp3) is 0.176. The monoisotopic (exact) mass is 418 g/mol. The molecule has 0 spiro atoms. The van der Waals surface area contributed by atoms with Crippen molar-refractivity contribution >= 4 is 57.8 Å². The van der Waals surface area contributed by atoms with Crippen molar-refractivity contribution in [2.24, 2.45) is 10.3 Å². The second-order valence-corrected chi connectivity index (χ2v) is 6.62. The van der Waals surface area contributed by atoms with Crippen LogP contribution < -0.4 is 0 Å². The van der Waals surface area contributed by atoms with Crippen LogP contribution in [0.1, 0.15) is 25.0 Å². The van der Waals surface area contributed by atoms with Crippen LogP contribution in [0.4, 0.5) is 0 Å². The second-order valence-electron chi connectivity index (χ2n) is 4.99. The molecule has 2 aromatic carbocycles. The quantitative estimate of drug-likeness (QED) is 0.234. The lowest BCUT2D eigenvalue weighted by molar-refractivity contribution is -0.0505. The van der Waals surface area contributed by atoms with Crippen molar-refractivity contribution in [2.45, 2.75) is 13.8 Å². The van der Waals surface area contributed by atoms with Crippen LogP contribution >= 0.6 is 46.4 Å². The van der Waals surface area contributed by atoms with E-state index in [4.69, 9.17) is 56.1 Å². The first-order chi connectivity index (χ1) is 11.9. The SMILES string of the molecule is CC(=NOCON=C(C)c1ccc(Cl)c(Cl)c1)c1ccc(Cl)c(Cl)c1. The van der Waals surface area contributed by atoms with Gasteiger partial charge in [0.25, 0.3) is 6.79 Å². The maximum absolute atomic E-state index is 5.97. The minimum Gasteiger partial charge on any atom is -0.352 e. The highest BCUT2D eigenvalue weighted by Gasteiger charge is 2.04. The number of nitrogens with zero attached hydrogens (tertiary/aromatic N) is 2. The Balaban J connectivity index is 1.89. The largest absolute Gasteiger partial charge is 0.352 e. The van der Waals surface area contributed by atoms with E-state index in [1.54, 1.807) is 50.2 Å². The zero-order valence-corrected chi connectivity index (χ0v) is 16.4. The lowest BCUT2D eigenvalue weighted by Crippen LogP contribution is -2.00. The maximum Gasteiger partial charge on any atom is 0.280 e. The van der Waals surface area contributed by atoms with Crippen LogP contribution in [0.5, 0.6) is 0 Å². The summed E-state index contributed by atoms with van der Waals surface area (Å²) < 4.78 is 0. The van der Waals surface area contributed by atoms with E-state index in [2.05, 4.69) is 10.3 Å². The van der Waals surface area contributed by atoms with Gasteiger partial charge < -0.3 is 9.68 Å². The summed E-state index contributed by atoms with van der Waals surface area (Å²) in [6.45, 7) is 3.42. The Bertz CT molecular complexity index is 755. The van der Waals surface area contributed by atoms with Crippen molar-refractivity contribution in [1.29, 1.82) is 0 Å². The molecule has 0 aliphatic carbocycles. The van der Waals surface area contributed by atoms with Crippen LogP contribution in [0.2, 0.25) is 20.1 Å². The summed E-state index contributed by atoms with van der Waals surface area (Å²) in [4.78, 5) is 10.2. The molecule has 0 saturated heterocycles. The normalized spacial score (nSPS) is 12.2. The topological polar surface area (TPSA) is 43.2 Å². The van der Waals surface area contributed by atoms with Crippen LogP contribution in [0.15, 0.2) is 46.7 Å². The fourth-order valence-electron chi connectivity index (χ4n) is 1.82. The predicted molar refractivity (Wildman–Crippen MR) is 104 cm³/mol. The van der Waals surface area contributed by atoms with E-state index in [1.807, 2.05) is 0 Å². The van der Waals surface area contributed by atoms with Gasteiger partial charge in [-0.3, -0.25) is 0 Å². The molecule has 2 aromatic rings. The first-order valence-corrected chi connectivity index (χ1v) is 8.63. The highest BCUT2D eigenvalue weighted by molar-refractivity contribution is 6.42. The van der Waals surface area contributed by atoms with Crippen LogP contribution in [-0.2, 0) is 9.68 Å². The van der Waals surface area contributed by atoms with E-state index in [1.165, 1.54) is 0 Å². The molecule has 0 heterocycles. The average Bonchev–Trinajstić information content (AvgIpc) is 2.59. The zero-order valence-electron chi connectivity index (χ0n) is 13.4. The van der Waals surface area contributed by atoms with E-state index in [0.717, 1.165) is 11.1 Å². The number of rotatable bonds is 6. The van der Waals surface area contributed by atoms with Gasteiger partial charge in [0.2, 0.25) is 0 Å². The summed E-state index contributed by atoms with van der Waals surface area (Å²) in [6.07, 6.45) is 0. The average molecular weight is 420 g/mol. The second kappa shape index (κ2) is 9.30. The molecule has 132 valence electrons. The molecule has 0 aliphatic heterocycles. The standard InChI is InChI=1S/C17H14Cl4N2O2/c1-10(12-3-5-14(18)16(20)7-12)22-24-9-25-23-11(2)13-4-6-15(19)17(21)8-13/h3-8H,9H2,1-2H3. The van der Waals surface area contributed by atoms with Gasteiger partial charge >= 0.3 is 0 Å². The van der Waals surface area contributed by atoms with Crippen molar-refractivity contribution in [3.8, 4) is 0 Å². The number of hydrogen-bond acceptors (Lipinski definition) is 4. The van der Waals surface area contributed by atoms with Crippen molar-refractivity contribution in [2.75, 3.05) is 6.79 Å². The van der Waals surface area contributed by atoms with E-state index in [0.29, 0.717) is 31.5 Å². The first kappa shape index (κ1) is 19.9. The van der Waals surface area contributed by atoms with Crippen LogP contribution in [0.3, 0.4) is 0 Å². The van der Waals surface area contributed by atoms with Crippen LogP contribution in [0, 0.1) is 0 Å². The molecular weight excluding hydrogens is 406 g/mol. The molecule has 0 saturated carbocycles. The molecule has 0 aliphatic rings. The highest BCUT2D eigenvalue weighted by atomic mass is 35.5. The smallest absolute Gasteiger partial charge is 0.280 e. The minimum absolute atomic E-state index is 0.142. The molecule has 2 rings (SSSR count). The number of benzene rings is 2. The lowest BCUT2D eigenvalue weighted by atomic mass is 10.1.